The maximum absolute atomic E-state index is 12.8. The molecule has 31 heavy (non-hydrogen) atoms. The molecule has 4 N–H and O–H groups in total. The molecule has 0 saturated carbocycles. The van der Waals surface area contributed by atoms with E-state index in [1.54, 1.807) is 13.8 Å². The van der Waals surface area contributed by atoms with Crippen LogP contribution < -0.4 is 0 Å². The molecule has 1 fully saturated rings. The lowest BCUT2D eigenvalue weighted by molar-refractivity contribution is -0.292. The first kappa shape index (κ1) is 27.2. The third-order valence-corrected chi connectivity index (χ3v) is 7.85. The molecule has 0 aromatic carbocycles. The van der Waals surface area contributed by atoms with E-state index in [2.05, 4.69) is 0 Å². The summed E-state index contributed by atoms with van der Waals surface area (Å²) in [5, 5.41) is 37.4. The van der Waals surface area contributed by atoms with Crippen molar-refractivity contribution < 1.29 is 48.9 Å². The van der Waals surface area contributed by atoms with E-state index in [0.717, 1.165) is 6.92 Å². The zero-order chi connectivity index (χ0) is 23.7. The van der Waals surface area contributed by atoms with Crippen molar-refractivity contribution in [1.29, 1.82) is 0 Å². The largest absolute Gasteiger partial charge is 0.463 e. The van der Waals surface area contributed by atoms with E-state index in [4.69, 9.17) is 23.7 Å². The summed E-state index contributed by atoms with van der Waals surface area (Å²) >= 11 is 2.44. The molecule has 9 atom stereocenters. The highest BCUT2D eigenvalue weighted by Crippen LogP contribution is 2.45. The summed E-state index contributed by atoms with van der Waals surface area (Å²) < 4.78 is 28.7. The number of ether oxygens (including phenoxy) is 5. The summed E-state index contributed by atoms with van der Waals surface area (Å²) in [7, 11) is 4.23. The Morgan fingerprint density at radius 1 is 1.06 bits per heavy atom. The fourth-order valence-corrected chi connectivity index (χ4v) is 5.55. The van der Waals surface area contributed by atoms with Gasteiger partial charge in [-0.1, -0.05) is 6.92 Å². The summed E-state index contributed by atoms with van der Waals surface area (Å²) in [6.07, 6.45) is -6.65. The summed E-state index contributed by atoms with van der Waals surface area (Å²) in [5.41, 5.74) is 0. The molecule has 1 aliphatic heterocycles. The first-order valence-electron chi connectivity index (χ1n) is 9.71. The number of aliphatic hydroxyl groups excluding tert-OH is 2. The number of carbonyl (C=O) groups excluding carboxylic acids is 1. The van der Waals surface area contributed by atoms with Crippen molar-refractivity contribution in [3.8, 4) is 0 Å². The molecular weight excluding hydrogens is 547 g/mol. The highest BCUT2D eigenvalue weighted by Gasteiger charge is 2.51. The van der Waals surface area contributed by atoms with Crippen molar-refractivity contribution >= 4 is 39.5 Å². The Morgan fingerprint density at radius 3 is 2.13 bits per heavy atom. The van der Waals surface area contributed by atoms with Gasteiger partial charge in [-0.15, -0.1) is 0 Å². The quantitative estimate of drug-likeness (QED) is 0.245. The lowest BCUT2D eigenvalue weighted by Crippen LogP contribution is -2.58. The van der Waals surface area contributed by atoms with E-state index in [1.807, 2.05) is 22.6 Å². The summed E-state index contributed by atoms with van der Waals surface area (Å²) in [6, 6.07) is 0. The lowest BCUT2D eigenvalue weighted by atomic mass is 9.81. The van der Waals surface area contributed by atoms with Crippen LogP contribution in [-0.4, -0.2) is 94.9 Å². The van der Waals surface area contributed by atoms with E-state index in [-0.39, 0.29) is 0 Å². The minimum absolute atomic E-state index is 0.328. The number of rotatable bonds is 7. The number of halogens is 1. The molecule has 12 heteroatoms. The molecule has 10 nitrogen and oxygen atoms in total. The Hall–Kier alpha value is -0.0300. The second-order valence-corrected chi connectivity index (χ2v) is 10.3. The minimum atomic E-state index is -2.23. The molecule has 2 rings (SSSR count). The SMILES string of the molecule is COC1C(OC2OC(C)C(O)C(OC)C2O)=C(I)C(C)C(C(=O)SC(C)(O)O)C1OC. The molecular formula is C19H31IO10S. The molecule has 180 valence electrons. The average molecular weight is 578 g/mol. The van der Waals surface area contributed by atoms with Crippen molar-refractivity contribution in [1.82, 2.24) is 0 Å². The number of hydrogen-bond donors (Lipinski definition) is 4. The van der Waals surface area contributed by atoms with E-state index in [0.29, 0.717) is 21.1 Å². The second kappa shape index (κ2) is 10.9. The van der Waals surface area contributed by atoms with Crippen LogP contribution in [0, 0.1) is 11.8 Å². The normalized spacial score (nSPS) is 39.5. The highest BCUT2D eigenvalue weighted by atomic mass is 127. The Kier molecular flexibility index (Phi) is 9.60. The number of methoxy groups -OCH3 is 3. The van der Waals surface area contributed by atoms with Crippen LogP contribution in [0.15, 0.2) is 9.34 Å². The summed E-state index contributed by atoms with van der Waals surface area (Å²) in [6.45, 7) is 4.54. The van der Waals surface area contributed by atoms with Crippen molar-refractivity contribution in [3.63, 3.8) is 0 Å². The zero-order valence-electron chi connectivity index (χ0n) is 18.2. The van der Waals surface area contributed by atoms with Gasteiger partial charge in [-0.25, -0.2) is 0 Å². The van der Waals surface area contributed by atoms with Gasteiger partial charge in [-0.3, -0.25) is 4.79 Å². The number of allylic oxidation sites excluding steroid dienone is 1. The van der Waals surface area contributed by atoms with Gasteiger partial charge in [0.1, 0.15) is 36.3 Å². The third-order valence-electron chi connectivity index (χ3n) is 5.47. The molecule has 2 aliphatic rings. The maximum atomic E-state index is 12.8. The highest BCUT2D eigenvalue weighted by molar-refractivity contribution is 14.1. The molecule has 1 aliphatic carbocycles. The van der Waals surface area contributed by atoms with Gasteiger partial charge in [0.25, 0.3) is 0 Å². The number of aliphatic hydroxyl groups is 4. The van der Waals surface area contributed by atoms with Gasteiger partial charge in [-0.2, -0.15) is 0 Å². The van der Waals surface area contributed by atoms with E-state index in [1.165, 1.54) is 21.3 Å². The lowest BCUT2D eigenvalue weighted by Gasteiger charge is -2.44. The molecule has 0 bridgehead atoms. The van der Waals surface area contributed by atoms with Crippen LogP contribution in [-0.2, 0) is 28.5 Å². The van der Waals surface area contributed by atoms with Gasteiger partial charge in [0, 0.05) is 37.8 Å². The first-order chi connectivity index (χ1) is 14.4. The van der Waals surface area contributed by atoms with Gasteiger partial charge in [0.2, 0.25) is 11.4 Å². The third kappa shape index (κ3) is 5.91. The van der Waals surface area contributed by atoms with Crippen LogP contribution in [0.25, 0.3) is 0 Å². The fraction of sp³-hybridized carbons (Fsp3) is 0.842. The molecule has 0 aromatic rings. The molecule has 0 amide bonds. The van der Waals surface area contributed by atoms with Gasteiger partial charge in [-0.05, 0) is 41.3 Å². The number of carbonyl (C=O) groups is 1. The van der Waals surface area contributed by atoms with Crippen LogP contribution in [0.3, 0.4) is 0 Å². The molecule has 0 radical (unpaired) electrons. The van der Waals surface area contributed by atoms with Crippen LogP contribution in [0.2, 0.25) is 0 Å². The summed E-state index contributed by atoms with van der Waals surface area (Å²) in [5.74, 6) is -0.825. The number of thioether (sulfide) groups is 1. The Morgan fingerprint density at radius 2 is 1.65 bits per heavy atom. The fourth-order valence-electron chi connectivity index (χ4n) is 3.87. The van der Waals surface area contributed by atoms with Crippen molar-refractivity contribution in [2.75, 3.05) is 21.3 Å². The van der Waals surface area contributed by atoms with E-state index >= 15 is 0 Å². The van der Waals surface area contributed by atoms with Crippen LogP contribution in [0.1, 0.15) is 20.8 Å². The Balaban J connectivity index is 2.37. The van der Waals surface area contributed by atoms with Crippen molar-refractivity contribution in [2.45, 2.75) is 68.8 Å². The predicted molar refractivity (Wildman–Crippen MR) is 119 cm³/mol. The minimum Gasteiger partial charge on any atom is -0.463 e. The van der Waals surface area contributed by atoms with E-state index in [9.17, 15) is 25.2 Å². The van der Waals surface area contributed by atoms with Crippen LogP contribution in [0.5, 0.6) is 0 Å². The Bertz CT molecular complexity index is 669. The smallest absolute Gasteiger partial charge is 0.228 e. The molecule has 1 heterocycles. The van der Waals surface area contributed by atoms with Gasteiger partial charge in [0.05, 0.1) is 12.0 Å². The van der Waals surface area contributed by atoms with Gasteiger partial charge >= 0.3 is 0 Å². The van der Waals surface area contributed by atoms with Gasteiger partial charge in [0.15, 0.2) is 5.12 Å². The molecule has 9 unspecified atom stereocenters. The molecule has 1 saturated heterocycles. The number of hydrogen-bond acceptors (Lipinski definition) is 11. The van der Waals surface area contributed by atoms with Crippen molar-refractivity contribution in [3.05, 3.63) is 9.34 Å². The second-order valence-electron chi connectivity index (χ2n) is 7.75. The maximum Gasteiger partial charge on any atom is 0.228 e. The van der Waals surface area contributed by atoms with Crippen molar-refractivity contribution in [2.24, 2.45) is 11.8 Å². The van der Waals surface area contributed by atoms with E-state index < -0.39 is 65.0 Å². The van der Waals surface area contributed by atoms with Crippen LogP contribution >= 0.6 is 34.4 Å². The zero-order valence-corrected chi connectivity index (χ0v) is 21.2. The monoisotopic (exact) mass is 578 g/mol. The van der Waals surface area contributed by atoms with Crippen LogP contribution in [0.4, 0.5) is 0 Å². The van der Waals surface area contributed by atoms with Gasteiger partial charge < -0.3 is 44.1 Å². The predicted octanol–water partition coefficient (Wildman–Crippen LogP) is 0.345. The Labute approximate surface area is 199 Å². The molecule has 0 spiro atoms. The standard InChI is InChI=1S/C19H31IO10S/c1-7-9(17(23)31-19(3,24)25)13(26-4)16(28-6)14(10(7)20)30-18-12(22)15(27-5)11(21)8(2)29-18/h7-9,11-13,15-16,18,21-22,24-25H,1-6H3. The average Bonchev–Trinajstić information content (AvgIpc) is 2.68. The first-order valence-corrected chi connectivity index (χ1v) is 11.6. The molecule has 0 aromatic heterocycles. The topological polar surface area (TPSA) is 144 Å². The summed E-state index contributed by atoms with van der Waals surface area (Å²) in [4.78, 5) is 12.8.